The third-order valence-corrected chi connectivity index (χ3v) is 7.07. The lowest BCUT2D eigenvalue weighted by molar-refractivity contribution is -0.121. The maximum absolute atomic E-state index is 12.8. The third-order valence-electron chi connectivity index (χ3n) is 6.01. The lowest BCUT2D eigenvalue weighted by Gasteiger charge is -2.47. The van der Waals surface area contributed by atoms with E-state index in [4.69, 9.17) is 0 Å². The number of benzene rings is 2. The van der Waals surface area contributed by atoms with Gasteiger partial charge in [-0.3, -0.25) is 9.69 Å². The van der Waals surface area contributed by atoms with E-state index in [1.165, 1.54) is 23.0 Å². The molecule has 0 spiro atoms. The van der Waals surface area contributed by atoms with Crippen molar-refractivity contribution >= 4 is 40.3 Å². The molecule has 1 fully saturated rings. The smallest absolute Gasteiger partial charge is 0.266 e. The number of carbonyl (C=O) groups is 1. The molecule has 0 radical (unpaired) electrons. The molecule has 2 aliphatic heterocycles. The number of fused-ring (bicyclic) bond motifs is 1. The molecule has 5 heteroatoms. The van der Waals surface area contributed by atoms with Gasteiger partial charge >= 0.3 is 0 Å². The summed E-state index contributed by atoms with van der Waals surface area (Å²) in [7, 11) is 1.79. The van der Waals surface area contributed by atoms with Crippen LogP contribution in [0.15, 0.2) is 58.4 Å². The van der Waals surface area contributed by atoms with Gasteiger partial charge in [0.05, 0.1) is 10.6 Å². The Kier molecular flexibility index (Phi) is 5.49. The summed E-state index contributed by atoms with van der Waals surface area (Å²) >= 11 is 1.44. The molecule has 1 saturated heterocycles. The van der Waals surface area contributed by atoms with Crippen LogP contribution in [0, 0.1) is 0 Å². The van der Waals surface area contributed by atoms with Crippen LogP contribution < -0.4 is 4.90 Å². The highest BCUT2D eigenvalue weighted by Gasteiger charge is 2.35. The molecule has 1 amide bonds. The number of amides is 1. The number of likely N-dealkylation sites (N-methyl/N-ethyl adjacent to an activating group) is 1. The molecule has 2 aromatic carbocycles. The molecule has 0 bridgehead atoms. The van der Waals surface area contributed by atoms with Crippen molar-refractivity contribution in [3.63, 3.8) is 0 Å². The SMILES string of the molecule is CCN1c2ccc(/C=C3/SC(=Nc4ccccc4)N(C)C3=O)cc2C(C)CC1(C)C. The van der Waals surface area contributed by atoms with Crippen molar-refractivity contribution < 1.29 is 4.79 Å². The van der Waals surface area contributed by atoms with Gasteiger partial charge in [-0.1, -0.05) is 31.2 Å². The highest BCUT2D eigenvalue weighted by atomic mass is 32.2. The van der Waals surface area contributed by atoms with E-state index in [0.717, 1.165) is 24.2 Å². The summed E-state index contributed by atoms with van der Waals surface area (Å²) in [5.41, 5.74) is 4.77. The van der Waals surface area contributed by atoms with Crippen LogP contribution in [0.3, 0.4) is 0 Å². The molecular formula is C25H29N3OS. The van der Waals surface area contributed by atoms with Gasteiger partial charge in [-0.2, -0.15) is 0 Å². The molecule has 4 nitrogen and oxygen atoms in total. The molecular weight excluding hydrogens is 390 g/mol. The fourth-order valence-corrected chi connectivity index (χ4v) is 5.60. The number of nitrogens with zero attached hydrogens (tertiary/aromatic N) is 3. The van der Waals surface area contributed by atoms with Crippen LogP contribution >= 0.6 is 11.8 Å². The van der Waals surface area contributed by atoms with Crippen molar-refractivity contribution in [2.24, 2.45) is 4.99 Å². The average Bonchev–Trinajstić information content (AvgIpc) is 2.97. The second-order valence-electron chi connectivity index (χ2n) is 8.68. The molecule has 0 N–H and O–H groups in total. The molecule has 0 saturated carbocycles. The van der Waals surface area contributed by atoms with Crippen molar-refractivity contribution in [2.75, 3.05) is 18.5 Å². The number of amidine groups is 1. The van der Waals surface area contributed by atoms with Crippen molar-refractivity contribution in [2.45, 2.75) is 45.6 Å². The topological polar surface area (TPSA) is 35.9 Å². The van der Waals surface area contributed by atoms with E-state index in [0.29, 0.717) is 16.0 Å². The Morgan fingerprint density at radius 3 is 2.63 bits per heavy atom. The molecule has 2 aromatic rings. The predicted molar refractivity (Wildman–Crippen MR) is 128 cm³/mol. The molecule has 0 aliphatic carbocycles. The van der Waals surface area contributed by atoms with Gasteiger partial charge in [0, 0.05) is 24.8 Å². The van der Waals surface area contributed by atoms with Gasteiger partial charge in [-0.15, -0.1) is 0 Å². The van der Waals surface area contributed by atoms with Crippen molar-refractivity contribution in [1.29, 1.82) is 0 Å². The molecule has 2 aliphatic rings. The van der Waals surface area contributed by atoms with Crippen molar-refractivity contribution in [1.82, 2.24) is 4.90 Å². The van der Waals surface area contributed by atoms with E-state index in [9.17, 15) is 4.79 Å². The zero-order valence-corrected chi connectivity index (χ0v) is 19.2. The number of thioether (sulfide) groups is 1. The summed E-state index contributed by atoms with van der Waals surface area (Å²) in [5, 5.41) is 0.711. The quantitative estimate of drug-likeness (QED) is 0.570. The van der Waals surface area contributed by atoms with Gasteiger partial charge in [0.2, 0.25) is 0 Å². The van der Waals surface area contributed by atoms with Gasteiger partial charge in [0.1, 0.15) is 0 Å². The first-order valence-electron chi connectivity index (χ1n) is 10.5. The minimum Gasteiger partial charge on any atom is -0.366 e. The van der Waals surface area contributed by atoms with E-state index in [1.807, 2.05) is 36.4 Å². The first kappa shape index (κ1) is 20.7. The van der Waals surface area contributed by atoms with Crippen LogP contribution in [0.25, 0.3) is 6.08 Å². The number of para-hydroxylation sites is 1. The number of anilines is 1. The van der Waals surface area contributed by atoms with Crippen LogP contribution in [-0.4, -0.2) is 35.1 Å². The Labute approximate surface area is 183 Å². The van der Waals surface area contributed by atoms with Crippen LogP contribution in [0.5, 0.6) is 0 Å². The van der Waals surface area contributed by atoms with Crippen LogP contribution in [0.4, 0.5) is 11.4 Å². The molecule has 1 atom stereocenters. The molecule has 0 aromatic heterocycles. The highest BCUT2D eigenvalue weighted by Crippen LogP contribution is 2.44. The van der Waals surface area contributed by atoms with Crippen LogP contribution in [-0.2, 0) is 4.79 Å². The monoisotopic (exact) mass is 419 g/mol. The first-order valence-corrected chi connectivity index (χ1v) is 11.3. The van der Waals surface area contributed by atoms with Gasteiger partial charge in [-0.05, 0) is 86.3 Å². The summed E-state index contributed by atoms with van der Waals surface area (Å²) < 4.78 is 0. The Balaban J connectivity index is 1.65. The van der Waals surface area contributed by atoms with Gasteiger partial charge in [0.15, 0.2) is 5.17 Å². The van der Waals surface area contributed by atoms with Gasteiger partial charge in [0.25, 0.3) is 5.91 Å². The first-order chi connectivity index (χ1) is 14.3. The number of hydrogen-bond donors (Lipinski definition) is 0. The Hall–Kier alpha value is -2.53. The third kappa shape index (κ3) is 3.79. The van der Waals surface area contributed by atoms with E-state index >= 15 is 0 Å². The molecule has 1 unspecified atom stereocenters. The standard InChI is InChI=1S/C25H29N3OS/c1-6-28-21-13-12-18(14-20(21)17(2)16-25(28,3)4)15-22-23(29)27(5)24(30-22)26-19-10-8-7-9-11-19/h7-15,17H,6,16H2,1-5H3/b22-15+,26-24?. The average molecular weight is 420 g/mol. The van der Waals surface area contributed by atoms with Crippen molar-refractivity contribution in [3.05, 3.63) is 64.6 Å². The number of carbonyl (C=O) groups excluding carboxylic acids is 1. The lowest BCUT2D eigenvalue weighted by Crippen LogP contribution is -2.48. The number of aliphatic imine (C=N–C) groups is 1. The summed E-state index contributed by atoms with van der Waals surface area (Å²) in [6.45, 7) is 10.2. The summed E-state index contributed by atoms with van der Waals surface area (Å²) in [6, 6.07) is 16.4. The maximum atomic E-state index is 12.8. The van der Waals surface area contributed by atoms with Gasteiger partial charge < -0.3 is 4.90 Å². The van der Waals surface area contributed by atoms with E-state index < -0.39 is 0 Å². The normalized spacial score (nSPS) is 23.4. The van der Waals surface area contributed by atoms with Crippen molar-refractivity contribution in [3.8, 4) is 0 Å². The Morgan fingerprint density at radius 2 is 1.93 bits per heavy atom. The maximum Gasteiger partial charge on any atom is 0.266 e. The summed E-state index contributed by atoms with van der Waals surface area (Å²) in [6.07, 6.45) is 3.12. The largest absolute Gasteiger partial charge is 0.366 e. The van der Waals surface area contributed by atoms with Crippen LogP contribution in [0.2, 0.25) is 0 Å². The molecule has 4 rings (SSSR count). The van der Waals surface area contributed by atoms with E-state index in [1.54, 1.807) is 11.9 Å². The van der Waals surface area contributed by atoms with E-state index in [2.05, 4.69) is 55.8 Å². The highest BCUT2D eigenvalue weighted by molar-refractivity contribution is 8.18. The van der Waals surface area contributed by atoms with Crippen LogP contribution in [0.1, 0.15) is 51.2 Å². The predicted octanol–water partition coefficient (Wildman–Crippen LogP) is 6.03. The Bertz CT molecular complexity index is 1030. The zero-order valence-electron chi connectivity index (χ0n) is 18.3. The fraction of sp³-hybridized carbons (Fsp3) is 0.360. The number of rotatable bonds is 3. The van der Waals surface area contributed by atoms with Gasteiger partial charge in [-0.25, -0.2) is 4.99 Å². The number of hydrogen-bond acceptors (Lipinski definition) is 4. The molecule has 30 heavy (non-hydrogen) atoms. The molecule has 2 heterocycles. The van der Waals surface area contributed by atoms with E-state index in [-0.39, 0.29) is 11.4 Å². The zero-order chi connectivity index (χ0) is 21.5. The minimum atomic E-state index is -0.00299. The second-order valence-corrected chi connectivity index (χ2v) is 9.69. The Morgan fingerprint density at radius 1 is 1.20 bits per heavy atom. The minimum absolute atomic E-state index is 0.00299. The fourth-order valence-electron chi connectivity index (χ4n) is 4.61. The molecule has 156 valence electrons. The lowest BCUT2D eigenvalue weighted by atomic mass is 9.79. The summed E-state index contributed by atoms with van der Waals surface area (Å²) in [4.78, 5) is 22.3. The second kappa shape index (κ2) is 7.95. The summed E-state index contributed by atoms with van der Waals surface area (Å²) in [5.74, 6) is 0.484.